The normalized spacial score (nSPS) is 19.2. The molecule has 7 heteroatoms. The van der Waals surface area contributed by atoms with Crippen LogP contribution in [-0.4, -0.2) is 47.4 Å². The molecule has 0 radical (unpaired) electrons. The predicted octanol–water partition coefficient (Wildman–Crippen LogP) is 2.52. The van der Waals surface area contributed by atoms with E-state index in [1.165, 1.54) is 4.90 Å². The molecule has 0 aliphatic carbocycles. The molecule has 2 N–H and O–H groups in total. The summed E-state index contributed by atoms with van der Waals surface area (Å²) in [6, 6.07) is -0.346. The molecule has 1 saturated heterocycles. The molecule has 118 valence electrons. The molecular formula is C13H23F3N2O2. The largest absolute Gasteiger partial charge is 0.417 e. The van der Waals surface area contributed by atoms with E-state index in [0.717, 1.165) is 12.8 Å². The minimum Gasteiger partial charge on any atom is -0.380 e. The number of hydrogen-bond donors (Lipinski definition) is 2. The second-order valence-corrected chi connectivity index (χ2v) is 5.38. The number of carbonyl (C=O) groups excluding carboxylic acids is 1. The van der Waals surface area contributed by atoms with Gasteiger partial charge in [-0.15, -0.1) is 0 Å². The highest BCUT2D eigenvalue weighted by molar-refractivity contribution is 5.74. The molecule has 0 aromatic heterocycles. The number of likely N-dealkylation sites (tertiary alicyclic amines) is 1. The Morgan fingerprint density at radius 3 is 2.20 bits per heavy atom. The molecule has 1 aliphatic heterocycles. The quantitative estimate of drug-likeness (QED) is 0.837. The number of alkyl halides is 3. The average Bonchev–Trinajstić information content (AvgIpc) is 2.39. The molecule has 1 fully saturated rings. The number of nitrogens with zero attached hydrogens (tertiary/aromatic N) is 1. The Bertz CT molecular complexity index is 322. The third-order valence-electron chi connectivity index (χ3n) is 4.10. The van der Waals surface area contributed by atoms with Gasteiger partial charge in [-0.05, 0) is 5.92 Å². The third-order valence-corrected chi connectivity index (χ3v) is 4.10. The van der Waals surface area contributed by atoms with E-state index in [4.69, 9.17) is 0 Å². The number of rotatable bonds is 4. The molecule has 1 rings (SSSR count). The summed E-state index contributed by atoms with van der Waals surface area (Å²) in [5.41, 5.74) is -2.65. The van der Waals surface area contributed by atoms with Crippen molar-refractivity contribution >= 4 is 6.03 Å². The molecule has 4 nitrogen and oxygen atoms in total. The second-order valence-electron chi connectivity index (χ2n) is 5.38. The summed E-state index contributed by atoms with van der Waals surface area (Å²) in [7, 11) is 0. The van der Waals surface area contributed by atoms with Crippen LogP contribution in [0.3, 0.4) is 0 Å². The van der Waals surface area contributed by atoms with E-state index in [-0.39, 0.29) is 19.1 Å². The fraction of sp³-hybridized carbons (Fsp3) is 0.923. The van der Waals surface area contributed by atoms with Crippen LogP contribution >= 0.6 is 0 Å². The minimum atomic E-state index is -4.63. The summed E-state index contributed by atoms with van der Waals surface area (Å²) in [6.07, 6.45) is -3.66. The Labute approximate surface area is 117 Å². The predicted molar refractivity (Wildman–Crippen MR) is 69.3 cm³/mol. The number of carbonyl (C=O) groups is 1. The Balaban J connectivity index is 2.43. The van der Waals surface area contributed by atoms with Crippen molar-refractivity contribution in [1.82, 2.24) is 10.2 Å². The van der Waals surface area contributed by atoms with Crippen LogP contribution in [0.1, 0.15) is 39.5 Å². The van der Waals surface area contributed by atoms with Gasteiger partial charge in [0.05, 0.1) is 0 Å². The first-order chi connectivity index (χ1) is 9.23. The lowest BCUT2D eigenvalue weighted by molar-refractivity contribution is -0.271. The van der Waals surface area contributed by atoms with Gasteiger partial charge in [-0.3, -0.25) is 0 Å². The van der Waals surface area contributed by atoms with Gasteiger partial charge in [-0.25, -0.2) is 4.79 Å². The van der Waals surface area contributed by atoms with Gasteiger partial charge >= 0.3 is 12.2 Å². The zero-order chi connectivity index (χ0) is 15.4. The summed E-state index contributed by atoms with van der Waals surface area (Å²) in [5.74, 6) is 0.385. The summed E-state index contributed by atoms with van der Waals surface area (Å²) < 4.78 is 37.9. The molecule has 0 atom stereocenters. The van der Waals surface area contributed by atoms with Gasteiger partial charge in [0.15, 0.2) is 5.60 Å². The number of halogens is 3. The van der Waals surface area contributed by atoms with Gasteiger partial charge in [-0.1, -0.05) is 26.7 Å². The Kier molecular flexibility index (Phi) is 5.68. The van der Waals surface area contributed by atoms with E-state index >= 15 is 0 Å². The first kappa shape index (κ1) is 17.1. The van der Waals surface area contributed by atoms with E-state index in [2.05, 4.69) is 5.32 Å². The van der Waals surface area contributed by atoms with Crippen LogP contribution in [-0.2, 0) is 0 Å². The smallest absolute Gasteiger partial charge is 0.380 e. The van der Waals surface area contributed by atoms with Gasteiger partial charge in [0.25, 0.3) is 0 Å². The van der Waals surface area contributed by atoms with Gasteiger partial charge < -0.3 is 15.3 Å². The molecule has 0 unspecified atom stereocenters. The molecule has 1 aliphatic rings. The summed E-state index contributed by atoms with van der Waals surface area (Å²) in [5, 5.41) is 12.3. The maximum absolute atomic E-state index is 12.6. The van der Waals surface area contributed by atoms with Crippen molar-refractivity contribution in [3.8, 4) is 0 Å². The standard InChI is InChI=1S/C13H23F3N2O2/c1-3-10(4-2)9-17-11(19)18-7-5-12(20,6-8-18)13(14,15)16/h10,20H,3-9H2,1-2H3,(H,17,19). The number of urea groups is 1. The first-order valence-corrected chi connectivity index (χ1v) is 7.05. The van der Waals surface area contributed by atoms with Crippen LogP contribution in [0.4, 0.5) is 18.0 Å². The second kappa shape index (κ2) is 6.65. The Hall–Kier alpha value is -0.980. The molecule has 1 heterocycles. The Morgan fingerprint density at radius 1 is 1.30 bits per heavy atom. The highest BCUT2D eigenvalue weighted by atomic mass is 19.4. The highest BCUT2D eigenvalue weighted by Gasteiger charge is 2.54. The van der Waals surface area contributed by atoms with Gasteiger partial charge in [-0.2, -0.15) is 13.2 Å². The van der Waals surface area contributed by atoms with Crippen molar-refractivity contribution < 1.29 is 23.1 Å². The highest BCUT2D eigenvalue weighted by Crippen LogP contribution is 2.38. The fourth-order valence-electron chi connectivity index (χ4n) is 2.28. The van der Waals surface area contributed by atoms with Crippen molar-refractivity contribution in [2.45, 2.75) is 51.3 Å². The first-order valence-electron chi connectivity index (χ1n) is 7.05. The summed E-state index contributed by atoms with van der Waals surface area (Å²) in [4.78, 5) is 13.2. The number of piperidine rings is 1. The molecule has 0 aromatic carbocycles. The summed E-state index contributed by atoms with van der Waals surface area (Å²) >= 11 is 0. The zero-order valence-electron chi connectivity index (χ0n) is 12.0. The van der Waals surface area contributed by atoms with Crippen molar-refractivity contribution in [3.63, 3.8) is 0 Å². The maximum Gasteiger partial charge on any atom is 0.417 e. The van der Waals surface area contributed by atoms with E-state index in [0.29, 0.717) is 12.5 Å². The van der Waals surface area contributed by atoms with Crippen LogP contribution in [0.2, 0.25) is 0 Å². The van der Waals surface area contributed by atoms with Crippen LogP contribution < -0.4 is 5.32 Å². The van der Waals surface area contributed by atoms with Gasteiger partial charge in [0.2, 0.25) is 0 Å². The third kappa shape index (κ3) is 4.01. The van der Waals surface area contributed by atoms with Crippen molar-refractivity contribution in [2.24, 2.45) is 5.92 Å². The number of aliphatic hydroxyl groups is 1. The number of nitrogens with one attached hydrogen (secondary N) is 1. The lowest BCUT2D eigenvalue weighted by Gasteiger charge is -2.39. The minimum absolute atomic E-state index is 0.0786. The lowest BCUT2D eigenvalue weighted by Crippen LogP contribution is -2.56. The monoisotopic (exact) mass is 296 g/mol. The van der Waals surface area contributed by atoms with E-state index < -0.39 is 24.6 Å². The van der Waals surface area contributed by atoms with E-state index in [1.54, 1.807) is 0 Å². The van der Waals surface area contributed by atoms with Crippen LogP contribution in [0.25, 0.3) is 0 Å². The van der Waals surface area contributed by atoms with Crippen molar-refractivity contribution in [3.05, 3.63) is 0 Å². The van der Waals surface area contributed by atoms with Crippen molar-refractivity contribution in [1.29, 1.82) is 0 Å². The Morgan fingerprint density at radius 2 is 1.80 bits per heavy atom. The summed E-state index contributed by atoms with van der Waals surface area (Å²) in [6.45, 7) is 4.44. The zero-order valence-corrected chi connectivity index (χ0v) is 12.0. The fourth-order valence-corrected chi connectivity index (χ4v) is 2.28. The molecule has 0 spiro atoms. The van der Waals surface area contributed by atoms with Crippen molar-refractivity contribution in [2.75, 3.05) is 19.6 Å². The molecule has 0 saturated carbocycles. The van der Waals surface area contributed by atoms with E-state index in [9.17, 15) is 23.1 Å². The number of amides is 2. The van der Waals surface area contributed by atoms with E-state index in [1.807, 2.05) is 13.8 Å². The lowest BCUT2D eigenvalue weighted by atomic mass is 9.91. The van der Waals surface area contributed by atoms with Gasteiger partial charge in [0.1, 0.15) is 0 Å². The topological polar surface area (TPSA) is 52.6 Å². The van der Waals surface area contributed by atoms with Gasteiger partial charge in [0, 0.05) is 32.5 Å². The van der Waals surface area contributed by atoms with Crippen LogP contribution in [0.15, 0.2) is 0 Å². The maximum atomic E-state index is 12.6. The van der Waals surface area contributed by atoms with Crippen LogP contribution in [0.5, 0.6) is 0 Å². The molecule has 20 heavy (non-hydrogen) atoms. The van der Waals surface area contributed by atoms with Crippen LogP contribution in [0, 0.1) is 5.92 Å². The molecular weight excluding hydrogens is 273 g/mol. The SMILES string of the molecule is CCC(CC)CNC(=O)N1CCC(O)(C(F)(F)F)CC1. The molecule has 0 bridgehead atoms. The molecule has 2 amide bonds. The number of hydrogen-bond acceptors (Lipinski definition) is 2. The molecule has 0 aromatic rings. The average molecular weight is 296 g/mol.